The molecule has 0 aliphatic carbocycles. The van der Waals surface area contributed by atoms with Crippen molar-refractivity contribution >= 4 is 0 Å². The van der Waals surface area contributed by atoms with Crippen LogP contribution in [0, 0.1) is 5.82 Å². The Balaban J connectivity index is 2.33. The van der Waals surface area contributed by atoms with Gasteiger partial charge in [-0.15, -0.1) is 0 Å². The Kier molecular flexibility index (Phi) is 6.64. The fourth-order valence-electron chi connectivity index (χ4n) is 1.43. The average Bonchev–Trinajstić information content (AvgIpc) is 2.33. The molecule has 2 N–H and O–H groups in total. The molecule has 1 aromatic carbocycles. The number of hydrogen-bond donors (Lipinski definition) is 1. The quantitative estimate of drug-likeness (QED) is 0.722. The number of methoxy groups -OCH3 is 1. The van der Waals surface area contributed by atoms with Crippen LogP contribution in [0.15, 0.2) is 18.2 Å². The first-order valence-electron chi connectivity index (χ1n) is 5.89. The second-order valence-corrected chi connectivity index (χ2v) is 3.93. The van der Waals surface area contributed by atoms with E-state index in [0.717, 1.165) is 0 Å². The van der Waals surface area contributed by atoms with Gasteiger partial charge in [-0.05, 0) is 13.0 Å². The zero-order chi connectivity index (χ0) is 13.4. The van der Waals surface area contributed by atoms with Crippen molar-refractivity contribution in [2.24, 2.45) is 5.73 Å². The van der Waals surface area contributed by atoms with Crippen LogP contribution in [0.1, 0.15) is 18.5 Å². The summed E-state index contributed by atoms with van der Waals surface area (Å²) < 4.78 is 29.0. The minimum Gasteiger partial charge on any atom is -0.491 e. The maximum Gasteiger partial charge on any atom is 0.131 e. The standard InChI is InChI=1S/C13H20FNO3/c1-10(15)12-4-3-11(9-13(12)14)18-8-7-17-6-5-16-2/h3-4,9-10H,5-8,15H2,1-2H3. The van der Waals surface area contributed by atoms with Gasteiger partial charge in [-0.1, -0.05) is 6.07 Å². The fourth-order valence-corrected chi connectivity index (χ4v) is 1.43. The van der Waals surface area contributed by atoms with E-state index in [9.17, 15) is 4.39 Å². The number of ether oxygens (including phenoxy) is 3. The second-order valence-electron chi connectivity index (χ2n) is 3.93. The number of hydrogen-bond acceptors (Lipinski definition) is 4. The highest BCUT2D eigenvalue weighted by atomic mass is 19.1. The summed E-state index contributed by atoms with van der Waals surface area (Å²) in [6, 6.07) is 4.36. The van der Waals surface area contributed by atoms with Crippen LogP contribution in [0.2, 0.25) is 0 Å². The molecule has 0 aromatic heterocycles. The summed E-state index contributed by atoms with van der Waals surface area (Å²) in [6.07, 6.45) is 0. The van der Waals surface area contributed by atoms with Crippen molar-refractivity contribution in [3.63, 3.8) is 0 Å². The molecule has 1 aromatic rings. The zero-order valence-corrected chi connectivity index (χ0v) is 10.8. The number of rotatable bonds is 8. The minimum absolute atomic E-state index is 0.323. The maximum absolute atomic E-state index is 13.6. The predicted molar refractivity (Wildman–Crippen MR) is 67.2 cm³/mol. The molecule has 0 bridgehead atoms. The van der Waals surface area contributed by atoms with Gasteiger partial charge < -0.3 is 19.9 Å². The molecule has 0 spiro atoms. The fraction of sp³-hybridized carbons (Fsp3) is 0.538. The highest BCUT2D eigenvalue weighted by Crippen LogP contribution is 2.20. The summed E-state index contributed by atoms with van der Waals surface area (Å²) >= 11 is 0. The lowest BCUT2D eigenvalue weighted by molar-refractivity contribution is 0.0544. The SMILES string of the molecule is COCCOCCOc1ccc(C(C)N)c(F)c1. The van der Waals surface area contributed by atoms with Gasteiger partial charge >= 0.3 is 0 Å². The minimum atomic E-state index is -0.345. The molecule has 0 radical (unpaired) electrons. The monoisotopic (exact) mass is 257 g/mol. The van der Waals surface area contributed by atoms with E-state index in [-0.39, 0.29) is 11.9 Å². The smallest absolute Gasteiger partial charge is 0.131 e. The molecule has 102 valence electrons. The van der Waals surface area contributed by atoms with Crippen LogP contribution in [0.5, 0.6) is 5.75 Å². The van der Waals surface area contributed by atoms with Crippen molar-refractivity contribution in [2.75, 3.05) is 33.5 Å². The van der Waals surface area contributed by atoms with E-state index >= 15 is 0 Å². The summed E-state index contributed by atoms with van der Waals surface area (Å²) in [4.78, 5) is 0. The highest BCUT2D eigenvalue weighted by molar-refractivity contribution is 5.30. The van der Waals surface area contributed by atoms with Crippen LogP contribution < -0.4 is 10.5 Å². The average molecular weight is 257 g/mol. The Bertz CT molecular complexity index is 358. The third-order valence-electron chi connectivity index (χ3n) is 2.39. The molecular weight excluding hydrogens is 237 g/mol. The molecular formula is C13H20FNO3. The van der Waals surface area contributed by atoms with Crippen molar-refractivity contribution in [3.05, 3.63) is 29.6 Å². The maximum atomic E-state index is 13.6. The van der Waals surface area contributed by atoms with Crippen LogP contribution in [0.3, 0.4) is 0 Å². The van der Waals surface area contributed by atoms with E-state index in [2.05, 4.69) is 0 Å². The summed E-state index contributed by atoms with van der Waals surface area (Å²) in [5.74, 6) is 0.134. The topological polar surface area (TPSA) is 53.7 Å². The first kappa shape index (κ1) is 14.9. The third-order valence-corrected chi connectivity index (χ3v) is 2.39. The highest BCUT2D eigenvalue weighted by Gasteiger charge is 2.07. The van der Waals surface area contributed by atoms with Crippen LogP contribution >= 0.6 is 0 Å². The van der Waals surface area contributed by atoms with Gasteiger partial charge in [0.2, 0.25) is 0 Å². The molecule has 0 heterocycles. The summed E-state index contributed by atoms with van der Waals surface area (Å²) in [5, 5.41) is 0. The number of halogens is 1. The van der Waals surface area contributed by atoms with Gasteiger partial charge in [-0.2, -0.15) is 0 Å². The van der Waals surface area contributed by atoms with Crippen molar-refractivity contribution in [1.82, 2.24) is 0 Å². The van der Waals surface area contributed by atoms with E-state index in [1.807, 2.05) is 0 Å². The van der Waals surface area contributed by atoms with E-state index in [1.165, 1.54) is 6.07 Å². The lowest BCUT2D eigenvalue weighted by Crippen LogP contribution is -2.11. The van der Waals surface area contributed by atoms with Crippen molar-refractivity contribution in [3.8, 4) is 5.75 Å². The molecule has 1 unspecified atom stereocenters. The van der Waals surface area contributed by atoms with Crippen LogP contribution in [-0.2, 0) is 9.47 Å². The molecule has 0 saturated carbocycles. The van der Waals surface area contributed by atoms with Gasteiger partial charge in [0.25, 0.3) is 0 Å². The molecule has 4 nitrogen and oxygen atoms in total. The molecule has 0 aliphatic rings. The number of nitrogens with two attached hydrogens (primary N) is 1. The van der Waals surface area contributed by atoms with Gasteiger partial charge in [0.1, 0.15) is 18.2 Å². The van der Waals surface area contributed by atoms with Crippen molar-refractivity contribution < 1.29 is 18.6 Å². The van der Waals surface area contributed by atoms with Gasteiger partial charge in [0, 0.05) is 24.8 Å². The Morgan fingerprint density at radius 1 is 1.22 bits per heavy atom. The van der Waals surface area contributed by atoms with Gasteiger partial charge in [0.05, 0.1) is 19.8 Å². The van der Waals surface area contributed by atoms with E-state index in [4.69, 9.17) is 19.9 Å². The molecule has 0 fully saturated rings. The molecule has 0 aliphatic heterocycles. The molecule has 0 amide bonds. The summed E-state index contributed by atoms with van der Waals surface area (Å²) in [6.45, 7) is 3.64. The third kappa shape index (κ3) is 5.00. The second kappa shape index (κ2) is 8.02. The van der Waals surface area contributed by atoms with Crippen LogP contribution in [0.4, 0.5) is 4.39 Å². The summed E-state index contributed by atoms with van der Waals surface area (Å²) in [7, 11) is 1.61. The van der Waals surface area contributed by atoms with E-state index in [1.54, 1.807) is 26.2 Å². The Morgan fingerprint density at radius 2 is 1.94 bits per heavy atom. The molecule has 0 saturated heterocycles. The van der Waals surface area contributed by atoms with Gasteiger partial charge in [-0.3, -0.25) is 0 Å². The van der Waals surface area contributed by atoms with Crippen LogP contribution in [0.25, 0.3) is 0 Å². The van der Waals surface area contributed by atoms with E-state index in [0.29, 0.717) is 37.7 Å². The van der Waals surface area contributed by atoms with Crippen molar-refractivity contribution in [1.29, 1.82) is 0 Å². The van der Waals surface area contributed by atoms with Crippen LogP contribution in [-0.4, -0.2) is 33.5 Å². The van der Waals surface area contributed by atoms with Gasteiger partial charge in [-0.25, -0.2) is 4.39 Å². The van der Waals surface area contributed by atoms with Gasteiger partial charge in [0.15, 0.2) is 0 Å². The molecule has 5 heteroatoms. The summed E-state index contributed by atoms with van der Waals surface area (Å²) in [5.41, 5.74) is 6.11. The first-order chi connectivity index (χ1) is 8.65. The first-order valence-corrected chi connectivity index (χ1v) is 5.89. The molecule has 1 rings (SSSR count). The Morgan fingerprint density at radius 3 is 2.56 bits per heavy atom. The molecule has 18 heavy (non-hydrogen) atoms. The zero-order valence-electron chi connectivity index (χ0n) is 10.8. The Hall–Kier alpha value is -1.17. The normalized spacial score (nSPS) is 12.4. The lowest BCUT2D eigenvalue weighted by Gasteiger charge is -2.10. The number of benzene rings is 1. The van der Waals surface area contributed by atoms with Crippen molar-refractivity contribution in [2.45, 2.75) is 13.0 Å². The van der Waals surface area contributed by atoms with E-state index < -0.39 is 0 Å². The predicted octanol–water partition coefficient (Wildman–Crippen LogP) is 1.89. The Labute approximate surface area is 107 Å². The molecule has 1 atom stereocenters. The largest absolute Gasteiger partial charge is 0.491 e. The lowest BCUT2D eigenvalue weighted by atomic mass is 10.1.